The summed E-state index contributed by atoms with van der Waals surface area (Å²) in [6, 6.07) is 10.6. The van der Waals surface area contributed by atoms with Gasteiger partial charge in [0.1, 0.15) is 0 Å². The van der Waals surface area contributed by atoms with Crippen molar-refractivity contribution in [3.05, 3.63) is 70.4 Å². The monoisotopic (exact) mass is 514 g/mol. The number of benzene rings is 2. The van der Waals surface area contributed by atoms with E-state index in [1.807, 2.05) is 12.1 Å². The van der Waals surface area contributed by atoms with Crippen molar-refractivity contribution in [3.63, 3.8) is 0 Å². The molecule has 3 aromatic rings. The van der Waals surface area contributed by atoms with Gasteiger partial charge in [-0.3, -0.25) is 15.1 Å². The molecule has 3 amide bonds. The highest BCUT2D eigenvalue weighted by molar-refractivity contribution is 5.99. The number of piperidine rings is 1. The Balaban J connectivity index is 1.26. The van der Waals surface area contributed by atoms with Gasteiger partial charge in [-0.25, -0.2) is 10.6 Å². The smallest absolute Gasteiger partial charge is 0.358 e. The van der Waals surface area contributed by atoms with E-state index in [0.717, 1.165) is 52.8 Å². The van der Waals surface area contributed by atoms with Gasteiger partial charge in [-0.1, -0.05) is 12.1 Å². The second-order valence-corrected chi connectivity index (χ2v) is 9.68. The lowest BCUT2D eigenvalue weighted by molar-refractivity contribution is -0.137. The molecule has 5 rings (SSSR count). The Morgan fingerprint density at radius 3 is 2.46 bits per heavy atom. The van der Waals surface area contributed by atoms with E-state index in [1.165, 1.54) is 12.1 Å². The molecule has 1 fully saturated rings. The Hall–Kier alpha value is -3.57. The molecule has 0 unspecified atom stereocenters. The van der Waals surface area contributed by atoms with Crippen LogP contribution in [0.5, 0.6) is 0 Å². The molecule has 0 saturated carbocycles. The summed E-state index contributed by atoms with van der Waals surface area (Å²) in [6.45, 7) is 3.02. The van der Waals surface area contributed by atoms with E-state index in [0.29, 0.717) is 44.6 Å². The number of carbonyl (C=O) groups excluding carboxylic acids is 2. The quantitative estimate of drug-likeness (QED) is 0.243. The fourth-order valence-corrected chi connectivity index (χ4v) is 5.19. The van der Waals surface area contributed by atoms with Crippen LogP contribution < -0.4 is 16.6 Å². The third kappa shape index (κ3) is 5.42. The molecule has 1 saturated heterocycles. The van der Waals surface area contributed by atoms with Crippen LogP contribution in [0.4, 0.5) is 18.0 Å². The van der Waals surface area contributed by atoms with Crippen molar-refractivity contribution in [3.8, 4) is 0 Å². The van der Waals surface area contributed by atoms with Gasteiger partial charge in [0, 0.05) is 67.3 Å². The number of H-pyrrole nitrogens is 1. The Labute approximate surface area is 211 Å². The molecule has 2 aliphatic heterocycles. The maximum atomic E-state index is 13.0. The number of hydrazine groups is 1. The van der Waals surface area contributed by atoms with Crippen molar-refractivity contribution in [2.45, 2.75) is 44.6 Å². The molecule has 0 bridgehead atoms. The average molecular weight is 515 g/mol. The Bertz CT molecular complexity index is 1300. The van der Waals surface area contributed by atoms with Gasteiger partial charge in [0.05, 0.1) is 5.56 Å². The highest BCUT2D eigenvalue weighted by Crippen LogP contribution is 2.31. The first-order valence-corrected chi connectivity index (χ1v) is 12.3. The van der Waals surface area contributed by atoms with Gasteiger partial charge < -0.3 is 15.2 Å². The molecule has 8 nitrogen and oxygen atoms in total. The Morgan fingerprint density at radius 1 is 1.05 bits per heavy atom. The van der Waals surface area contributed by atoms with Crippen LogP contribution >= 0.6 is 0 Å². The molecule has 5 N–H and O–H groups in total. The number of rotatable bonds is 4. The third-order valence-electron chi connectivity index (χ3n) is 7.24. The summed E-state index contributed by atoms with van der Waals surface area (Å²) < 4.78 is 38.6. The number of halogens is 3. The largest absolute Gasteiger partial charge is 0.416 e. The van der Waals surface area contributed by atoms with Crippen molar-refractivity contribution < 1.29 is 22.8 Å². The van der Waals surface area contributed by atoms with E-state index in [1.54, 1.807) is 11.0 Å². The fourth-order valence-electron chi connectivity index (χ4n) is 5.19. The van der Waals surface area contributed by atoms with Crippen LogP contribution in [0.2, 0.25) is 0 Å². The molecule has 196 valence electrons. The number of amides is 3. The molecular formula is C26H29F3N6O2. The molecule has 0 radical (unpaired) electrons. The molecule has 2 aliphatic rings. The first-order valence-electron chi connectivity index (χ1n) is 12.3. The highest BCUT2D eigenvalue weighted by atomic mass is 19.4. The molecule has 0 aliphatic carbocycles. The number of carbonyl (C=O) groups is 2. The number of urea groups is 1. The van der Waals surface area contributed by atoms with Crippen molar-refractivity contribution in [1.29, 1.82) is 0 Å². The minimum absolute atomic E-state index is 0.0237. The number of likely N-dealkylation sites (tertiary alicyclic amines) is 1. The normalized spacial score (nSPS) is 17.0. The van der Waals surface area contributed by atoms with Crippen LogP contribution in [0.3, 0.4) is 0 Å². The number of hydrogen-bond donors (Lipinski definition) is 4. The molecule has 0 spiro atoms. The average Bonchev–Trinajstić information content (AvgIpc) is 3.25. The minimum atomic E-state index is -4.34. The summed E-state index contributed by atoms with van der Waals surface area (Å²) in [5, 5.41) is 4.06. The van der Waals surface area contributed by atoms with Gasteiger partial charge in [-0.15, -0.1) is 0 Å². The van der Waals surface area contributed by atoms with Gasteiger partial charge >= 0.3 is 12.2 Å². The lowest BCUT2D eigenvalue weighted by Gasteiger charge is -2.31. The highest BCUT2D eigenvalue weighted by Gasteiger charge is 2.30. The number of alkyl halides is 3. The third-order valence-corrected chi connectivity index (χ3v) is 7.24. The summed E-state index contributed by atoms with van der Waals surface area (Å²) in [5.74, 6) is 5.04. The first-order chi connectivity index (χ1) is 17.7. The number of hydrogen-bond acceptors (Lipinski definition) is 4. The van der Waals surface area contributed by atoms with Gasteiger partial charge in [0.15, 0.2) is 0 Å². The van der Waals surface area contributed by atoms with E-state index in [-0.39, 0.29) is 18.0 Å². The standard InChI is InChI=1S/C26H29F3N6O2/c27-26(28,29)18-4-1-16(2-5-18)14-34-10-9-23-21(15-34)20-13-17(3-6-22(20)32-23)24(36)31-19-7-11-35(12-8-19)25(37)33-30/h1-6,13,19,32H,7-12,14-15,30H2,(H,31,36)(H,33,37). The lowest BCUT2D eigenvalue weighted by Crippen LogP contribution is -2.50. The van der Waals surface area contributed by atoms with Gasteiger partial charge in [0.2, 0.25) is 0 Å². The molecule has 0 atom stereocenters. The number of nitrogens with zero attached hydrogens (tertiary/aromatic N) is 2. The number of fused-ring (bicyclic) bond motifs is 3. The van der Waals surface area contributed by atoms with Crippen LogP contribution in [0.25, 0.3) is 10.9 Å². The second-order valence-electron chi connectivity index (χ2n) is 9.68. The summed E-state index contributed by atoms with van der Waals surface area (Å²) in [5.41, 5.74) is 6.08. The number of aromatic nitrogens is 1. The molecule has 2 aromatic carbocycles. The van der Waals surface area contributed by atoms with Gasteiger partial charge in [0.25, 0.3) is 5.91 Å². The van der Waals surface area contributed by atoms with Gasteiger partial charge in [-0.05, 0) is 54.3 Å². The zero-order chi connectivity index (χ0) is 26.2. The first kappa shape index (κ1) is 25.1. The van der Waals surface area contributed by atoms with Crippen molar-refractivity contribution in [2.75, 3.05) is 19.6 Å². The SMILES string of the molecule is NNC(=O)N1CCC(NC(=O)c2ccc3[nH]c4c(c3c2)CN(Cc2ccc(C(F)(F)F)cc2)CC4)CC1. The topological polar surface area (TPSA) is 106 Å². The van der Waals surface area contributed by atoms with Crippen LogP contribution in [-0.4, -0.2) is 52.4 Å². The molecular weight excluding hydrogens is 485 g/mol. The predicted molar refractivity (Wildman–Crippen MR) is 132 cm³/mol. The van der Waals surface area contributed by atoms with E-state index < -0.39 is 11.7 Å². The van der Waals surface area contributed by atoms with Crippen LogP contribution in [0.15, 0.2) is 42.5 Å². The maximum Gasteiger partial charge on any atom is 0.416 e. The summed E-state index contributed by atoms with van der Waals surface area (Å²) in [4.78, 5) is 31.9. The van der Waals surface area contributed by atoms with Gasteiger partial charge in [-0.2, -0.15) is 13.2 Å². The van der Waals surface area contributed by atoms with E-state index >= 15 is 0 Å². The lowest BCUT2D eigenvalue weighted by atomic mass is 10.0. The van der Waals surface area contributed by atoms with Crippen LogP contribution in [0.1, 0.15) is 45.6 Å². The predicted octanol–water partition coefficient (Wildman–Crippen LogP) is 3.52. The zero-order valence-electron chi connectivity index (χ0n) is 20.2. The van der Waals surface area contributed by atoms with E-state index in [2.05, 4.69) is 20.6 Å². The number of nitrogens with one attached hydrogen (secondary N) is 3. The Kier molecular flexibility index (Phi) is 6.82. The number of aromatic amines is 1. The van der Waals surface area contributed by atoms with E-state index in [9.17, 15) is 22.8 Å². The van der Waals surface area contributed by atoms with Crippen molar-refractivity contribution >= 4 is 22.8 Å². The molecule has 3 heterocycles. The summed E-state index contributed by atoms with van der Waals surface area (Å²) in [7, 11) is 0. The summed E-state index contributed by atoms with van der Waals surface area (Å²) >= 11 is 0. The van der Waals surface area contributed by atoms with Crippen molar-refractivity contribution in [1.82, 2.24) is 25.5 Å². The Morgan fingerprint density at radius 2 is 1.78 bits per heavy atom. The van der Waals surface area contributed by atoms with Crippen molar-refractivity contribution in [2.24, 2.45) is 5.84 Å². The summed E-state index contributed by atoms with van der Waals surface area (Å²) in [6.07, 6.45) is -2.24. The molecule has 1 aromatic heterocycles. The minimum Gasteiger partial charge on any atom is -0.358 e. The maximum absolute atomic E-state index is 13.0. The van der Waals surface area contributed by atoms with Crippen LogP contribution in [0, 0.1) is 0 Å². The van der Waals surface area contributed by atoms with Crippen LogP contribution in [-0.2, 0) is 25.7 Å². The molecule has 11 heteroatoms. The second kappa shape index (κ2) is 10.1. The number of nitrogens with two attached hydrogens (primary N) is 1. The van der Waals surface area contributed by atoms with E-state index in [4.69, 9.17) is 5.84 Å². The molecule has 37 heavy (non-hydrogen) atoms. The zero-order valence-corrected chi connectivity index (χ0v) is 20.2. The fraction of sp³-hybridized carbons (Fsp3) is 0.385.